The van der Waals surface area contributed by atoms with Crippen LogP contribution < -0.4 is 5.32 Å². The molecule has 0 aliphatic heterocycles. The Hall–Kier alpha value is -1.42. The van der Waals surface area contributed by atoms with Crippen molar-refractivity contribution in [3.8, 4) is 0 Å². The fourth-order valence-electron chi connectivity index (χ4n) is 1.74. The zero-order chi connectivity index (χ0) is 13.8. The van der Waals surface area contributed by atoms with E-state index in [-0.39, 0.29) is 5.56 Å². The van der Waals surface area contributed by atoms with Gasteiger partial charge in [0.2, 0.25) is 0 Å². The molecule has 0 spiro atoms. The van der Waals surface area contributed by atoms with Crippen LogP contribution in [0.5, 0.6) is 0 Å². The van der Waals surface area contributed by atoms with Crippen molar-refractivity contribution in [2.24, 2.45) is 0 Å². The van der Waals surface area contributed by atoms with E-state index in [1.165, 1.54) is 12.1 Å². The molecule has 2 aromatic carbocycles. The van der Waals surface area contributed by atoms with Gasteiger partial charge in [0, 0.05) is 22.3 Å². The lowest BCUT2D eigenvalue weighted by molar-refractivity contribution is 0.151. The molecule has 0 saturated carbocycles. The molecular formula is C15H14BrF2N. The highest BCUT2D eigenvalue weighted by Gasteiger charge is 2.05. The Balaban J connectivity index is 2.00. The average molecular weight is 326 g/mol. The molecule has 0 unspecified atom stereocenters. The lowest BCUT2D eigenvalue weighted by Crippen LogP contribution is -1.99. The van der Waals surface area contributed by atoms with Crippen LogP contribution in [-0.4, -0.2) is 0 Å². The van der Waals surface area contributed by atoms with Gasteiger partial charge >= 0.3 is 0 Å². The van der Waals surface area contributed by atoms with Crippen molar-refractivity contribution in [2.45, 2.75) is 19.9 Å². The third-order valence-corrected chi connectivity index (χ3v) is 3.78. The fraction of sp³-hybridized carbons (Fsp3) is 0.200. The molecule has 0 fully saturated rings. The first-order valence-corrected chi connectivity index (χ1v) is 6.72. The van der Waals surface area contributed by atoms with Gasteiger partial charge in [-0.05, 0) is 36.2 Å². The molecule has 0 atom stereocenters. The average Bonchev–Trinajstić information content (AvgIpc) is 2.40. The van der Waals surface area contributed by atoms with Crippen molar-refractivity contribution in [2.75, 3.05) is 5.32 Å². The van der Waals surface area contributed by atoms with Gasteiger partial charge in [0.15, 0.2) is 0 Å². The maximum atomic E-state index is 12.4. The predicted octanol–water partition coefficient (Wildman–Crippen LogP) is 5.31. The van der Waals surface area contributed by atoms with Crippen LogP contribution in [0, 0.1) is 6.92 Å². The molecule has 0 saturated heterocycles. The summed E-state index contributed by atoms with van der Waals surface area (Å²) in [7, 11) is 0. The monoisotopic (exact) mass is 325 g/mol. The lowest BCUT2D eigenvalue weighted by Gasteiger charge is -2.09. The van der Waals surface area contributed by atoms with Crippen molar-refractivity contribution < 1.29 is 8.78 Å². The molecule has 0 aliphatic rings. The van der Waals surface area contributed by atoms with E-state index in [2.05, 4.69) is 21.2 Å². The first kappa shape index (κ1) is 14.0. The van der Waals surface area contributed by atoms with Crippen molar-refractivity contribution >= 4 is 21.6 Å². The minimum atomic E-state index is -2.41. The summed E-state index contributed by atoms with van der Waals surface area (Å²) in [6.07, 6.45) is -2.41. The number of halogens is 3. The predicted molar refractivity (Wildman–Crippen MR) is 77.6 cm³/mol. The molecule has 4 heteroatoms. The van der Waals surface area contributed by atoms with Crippen LogP contribution in [0.3, 0.4) is 0 Å². The molecule has 100 valence electrons. The van der Waals surface area contributed by atoms with Gasteiger partial charge in [0.05, 0.1) is 0 Å². The van der Waals surface area contributed by atoms with Crippen molar-refractivity contribution in [3.05, 3.63) is 63.6 Å². The standard InChI is InChI=1S/C15H14BrF2N/c1-10-8-13(6-7-14(10)16)19-9-11-2-4-12(5-3-11)15(17)18/h2-8,15,19H,9H2,1H3. The Morgan fingerprint density at radius 1 is 1.11 bits per heavy atom. The van der Waals surface area contributed by atoms with Crippen LogP contribution >= 0.6 is 15.9 Å². The second-order valence-corrected chi connectivity index (χ2v) is 5.21. The zero-order valence-electron chi connectivity index (χ0n) is 10.5. The maximum Gasteiger partial charge on any atom is 0.263 e. The maximum absolute atomic E-state index is 12.4. The van der Waals surface area contributed by atoms with Crippen LogP contribution in [0.15, 0.2) is 46.9 Å². The second kappa shape index (κ2) is 6.15. The molecular weight excluding hydrogens is 312 g/mol. The summed E-state index contributed by atoms with van der Waals surface area (Å²) in [5.74, 6) is 0. The highest BCUT2D eigenvalue weighted by molar-refractivity contribution is 9.10. The Kier molecular flexibility index (Phi) is 4.53. The summed E-state index contributed by atoms with van der Waals surface area (Å²) in [5.41, 5.74) is 3.20. The van der Waals surface area contributed by atoms with Gasteiger partial charge in [0.25, 0.3) is 6.43 Å². The van der Waals surface area contributed by atoms with Crippen molar-refractivity contribution in [3.63, 3.8) is 0 Å². The number of aryl methyl sites for hydroxylation is 1. The van der Waals surface area contributed by atoms with Gasteiger partial charge in [0.1, 0.15) is 0 Å². The molecule has 0 aromatic heterocycles. The van der Waals surface area contributed by atoms with Crippen LogP contribution in [0.4, 0.5) is 14.5 Å². The Bertz CT molecular complexity index is 553. The number of hydrogen-bond donors (Lipinski definition) is 1. The van der Waals surface area contributed by atoms with Gasteiger partial charge < -0.3 is 5.32 Å². The Morgan fingerprint density at radius 2 is 1.79 bits per heavy atom. The third-order valence-electron chi connectivity index (χ3n) is 2.89. The second-order valence-electron chi connectivity index (χ2n) is 4.36. The van der Waals surface area contributed by atoms with Gasteiger partial charge in [-0.3, -0.25) is 0 Å². The van der Waals surface area contributed by atoms with Crippen molar-refractivity contribution in [1.29, 1.82) is 0 Å². The topological polar surface area (TPSA) is 12.0 Å². The molecule has 0 radical (unpaired) electrons. The van der Waals surface area contributed by atoms with E-state index in [1.54, 1.807) is 12.1 Å². The van der Waals surface area contributed by atoms with E-state index >= 15 is 0 Å². The van der Waals surface area contributed by atoms with Gasteiger partial charge in [-0.2, -0.15) is 0 Å². The summed E-state index contributed by atoms with van der Waals surface area (Å²) in [6.45, 7) is 2.64. The lowest BCUT2D eigenvalue weighted by atomic mass is 10.1. The largest absolute Gasteiger partial charge is 0.381 e. The van der Waals surface area contributed by atoms with E-state index in [1.807, 2.05) is 25.1 Å². The number of nitrogens with one attached hydrogen (secondary N) is 1. The summed E-state index contributed by atoms with van der Waals surface area (Å²) < 4.78 is 25.9. The molecule has 19 heavy (non-hydrogen) atoms. The highest BCUT2D eigenvalue weighted by atomic mass is 79.9. The first-order chi connectivity index (χ1) is 9.06. The van der Waals surface area contributed by atoms with Crippen LogP contribution in [0.1, 0.15) is 23.1 Å². The van der Waals surface area contributed by atoms with Crippen LogP contribution in [0.2, 0.25) is 0 Å². The molecule has 0 aliphatic carbocycles. The summed E-state index contributed by atoms with van der Waals surface area (Å²) >= 11 is 3.45. The van der Waals surface area contributed by atoms with E-state index in [0.29, 0.717) is 6.54 Å². The van der Waals surface area contributed by atoms with Crippen LogP contribution in [-0.2, 0) is 6.54 Å². The smallest absolute Gasteiger partial charge is 0.263 e. The van der Waals surface area contributed by atoms with E-state index in [0.717, 1.165) is 21.3 Å². The Morgan fingerprint density at radius 3 is 2.37 bits per heavy atom. The first-order valence-electron chi connectivity index (χ1n) is 5.93. The quantitative estimate of drug-likeness (QED) is 0.803. The molecule has 1 nitrogen and oxygen atoms in total. The minimum Gasteiger partial charge on any atom is -0.381 e. The molecule has 0 amide bonds. The van der Waals surface area contributed by atoms with Crippen molar-refractivity contribution in [1.82, 2.24) is 0 Å². The zero-order valence-corrected chi connectivity index (χ0v) is 12.0. The number of rotatable bonds is 4. The SMILES string of the molecule is Cc1cc(NCc2ccc(C(F)F)cc2)ccc1Br. The number of anilines is 1. The van der Waals surface area contributed by atoms with E-state index in [9.17, 15) is 8.78 Å². The van der Waals surface area contributed by atoms with Gasteiger partial charge in [-0.15, -0.1) is 0 Å². The summed E-state index contributed by atoms with van der Waals surface area (Å²) in [6, 6.07) is 12.4. The summed E-state index contributed by atoms with van der Waals surface area (Å²) in [4.78, 5) is 0. The molecule has 0 bridgehead atoms. The number of benzene rings is 2. The van der Waals surface area contributed by atoms with Crippen LogP contribution in [0.25, 0.3) is 0 Å². The third kappa shape index (κ3) is 3.77. The number of hydrogen-bond acceptors (Lipinski definition) is 1. The minimum absolute atomic E-state index is 0.0586. The van der Waals surface area contributed by atoms with Gasteiger partial charge in [-0.25, -0.2) is 8.78 Å². The highest BCUT2D eigenvalue weighted by Crippen LogP contribution is 2.21. The molecule has 2 aromatic rings. The molecule has 0 heterocycles. The summed E-state index contributed by atoms with van der Waals surface area (Å²) in [5, 5.41) is 3.27. The fourth-order valence-corrected chi connectivity index (χ4v) is 1.99. The Labute approximate surface area is 119 Å². The normalized spacial score (nSPS) is 10.8. The number of alkyl halides is 2. The van der Waals surface area contributed by atoms with E-state index < -0.39 is 6.43 Å². The van der Waals surface area contributed by atoms with Gasteiger partial charge in [-0.1, -0.05) is 40.2 Å². The molecule has 2 rings (SSSR count). The molecule has 1 N–H and O–H groups in total. The van der Waals surface area contributed by atoms with E-state index in [4.69, 9.17) is 0 Å².